The van der Waals surface area contributed by atoms with Crippen LogP contribution in [0.4, 0.5) is 10.1 Å². The zero-order chi connectivity index (χ0) is 21.7. The molecule has 1 aromatic carbocycles. The monoisotopic (exact) mass is 448 g/mol. The third-order valence-electron chi connectivity index (χ3n) is 4.02. The largest absolute Gasteiger partial charge is 0.465 e. The molecule has 10 heteroatoms. The van der Waals surface area contributed by atoms with Crippen molar-refractivity contribution in [1.82, 2.24) is 14.8 Å². The Morgan fingerprint density at radius 1 is 1.27 bits per heavy atom. The number of carbonyl (C=O) groups is 2. The van der Waals surface area contributed by atoms with Crippen molar-refractivity contribution in [2.45, 2.75) is 25.5 Å². The number of ether oxygens (including phenoxy) is 1. The highest BCUT2D eigenvalue weighted by Crippen LogP contribution is 2.28. The molecule has 3 rings (SSSR count). The molecule has 1 amide bonds. The Bertz CT molecular complexity index is 1050. The number of rotatable bonds is 8. The maximum Gasteiger partial charge on any atom is 0.350 e. The molecule has 7 nitrogen and oxygen atoms in total. The van der Waals surface area contributed by atoms with Crippen molar-refractivity contribution < 1.29 is 18.7 Å². The summed E-state index contributed by atoms with van der Waals surface area (Å²) in [6, 6.07) is 8.05. The quantitative estimate of drug-likeness (QED) is 0.408. The summed E-state index contributed by atoms with van der Waals surface area (Å²) in [5, 5.41) is 13.3. The number of thioether (sulfide) groups is 1. The topological polar surface area (TPSA) is 86.1 Å². The van der Waals surface area contributed by atoms with Crippen LogP contribution in [0.15, 0.2) is 40.9 Å². The highest BCUT2D eigenvalue weighted by Gasteiger charge is 2.20. The van der Waals surface area contributed by atoms with Crippen molar-refractivity contribution in [2.24, 2.45) is 5.92 Å². The lowest BCUT2D eigenvalue weighted by atomic mass is 10.2. The highest BCUT2D eigenvalue weighted by atomic mass is 32.2. The molecule has 2 aromatic heterocycles. The van der Waals surface area contributed by atoms with Crippen LogP contribution in [0.3, 0.4) is 0 Å². The van der Waals surface area contributed by atoms with E-state index >= 15 is 0 Å². The van der Waals surface area contributed by atoms with Crippen molar-refractivity contribution in [3.05, 3.63) is 46.4 Å². The van der Waals surface area contributed by atoms with E-state index in [0.29, 0.717) is 33.7 Å². The Morgan fingerprint density at radius 3 is 2.73 bits per heavy atom. The number of nitrogens with one attached hydrogen (secondary N) is 1. The summed E-state index contributed by atoms with van der Waals surface area (Å²) in [5.41, 5.74) is 0.774. The molecular formula is C20H21FN4O3S2. The second kappa shape index (κ2) is 9.86. The molecule has 30 heavy (non-hydrogen) atoms. The van der Waals surface area contributed by atoms with Crippen LogP contribution in [-0.2, 0) is 16.1 Å². The number of anilines is 1. The van der Waals surface area contributed by atoms with Gasteiger partial charge < -0.3 is 14.6 Å². The van der Waals surface area contributed by atoms with E-state index in [2.05, 4.69) is 15.5 Å². The SMILES string of the molecule is COC(=O)c1sccc1NC(=O)CSc1nnc(-c2ccccc2F)n1CC(C)C. The molecule has 0 aliphatic heterocycles. The van der Waals surface area contributed by atoms with Crippen molar-refractivity contribution in [3.63, 3.8) is 0 Å². The molecule has 0 aliphatic rings. The molecule has 1 N–H and O–H groups in total. The predicted molar refractivity (Wildman–Crippen MR) is 115 cm³/mol. The van der Waals surface area contributed by atoms with E-state index in [-0.39, 0.29) is 23.4 Å². The smallest absolute Gasteiger partial charge is 0.350 e. The molecule has 0 bridgehead atoms. The Hall–Kier alpha value is -2.72. The van der Waals surface area contributed by atoms with Gasteiger partial charge in [-0.25, -0.2) is 9.18 Å². The van der Waals surface area contributed by atoms with Gasteiger partial charge in [0, 0.05) is 6.54 Å². The van der Waals surface area contributed by atoms with Gasteiger partial charge in [0.1, 0.15) is 10.7 Å². The molecule has 0 radical (unpaired) electrons. The van der Waals surface area contributed by atoms with E-state index in [0.717, 1.165) is 0 Å². The summed E-state index contributed by atoms with van der Waals surface area (Å²) < 4.78 is 20.8. The fourth-order valence-corrected chi connectivity index (χ4v) is 4.26. The Morgan fingerprint density at radius 2 is 2.03 bits per heavy atom. The number of halogens is 1. The molecule has 158 valence electrons. The molecule has 0 unspecified atom stereocenters. The Balaban J connectivity index is 1.75. The van der Waals surface area contributed by atoms with Crippen LogP contribution in [0.5, 0.6) is 0 Å². The fraction of sp³-hybridized carbons (Fsp3) is 0.300. The van der Waals surface area contributed by atoms with Crippen LogP contribution in [0, 0.1) is 11.7 Å². The minimum atomic E-state index is -0.501. The van der Waals surface area contributed by atoms with E-state index in [1.165, 1.54) is 36.3 Å². The van der Waals surface area contributed by atoms with Gasteiger partial charge in [0.2, 0.25) is 5.91 Å². The van der Waals surface area contributed by atoms with Crippen LogP contribution in [-0.4, -0.2) is 39.5 Å². The van der Waals surface area contributed by atoms with Crippen LogP contribution in [0.25, 0.3) is 11.4 Å². The van der Waals surface area contributed by atoms with Gasteiger partial charge in [-0.3, -0.25) is 4.79 Å². The summed E-state index contributed by atoms with van der Waals surface area (Å²) in [6.45, 7) is 4.66. The highest BCUT2D eigenvalue weighted by molar-refractivity contribution is 7.99. The number of thiophene rings is 1. The number of nitrogens with zero attached hydrogens (tertiary/aromatic N) is 3. The average Bonchev–Trinajstić information content (AvgIpc) is 3.33. The summed E-state index contributed by atoms with van der Waals surface area (Å²) in [4.78, 5) is 24.5. The van der Waals surface area contributed by atoms with Gasteiger partial charge in [0.05, 0.1) is 24.1 Å². The van der Waals surface area contributed by atoms with Gasteiger partial charge in [-0.15, -0.1) is 21.5 Å². The van der Waals surface area contributed by atoms with E-state index in [1.54, 1.807) is 29.6 Å². The zero-order valence-corrected chi connectivity index (χ0v) is 18.3. The van der Waals surface area contributed by atoms with Crippen molar-refractivity contribution in [1.29, 1.82) is 0 Å². The standard InChI is InChI=1S/C20H21FN4O3S2/c1-12(2)10-25-18(13-6-4-5-7-14(13)21)23-24-20(25)30-11-16(26)22-15-8-9-29-17(15)19(27)28-3/h4-9,12H,10-11H2,1-3H3,(H,22,26). The fourth-order valence-electron chi connectivity index (χ4n) is 2.74. The summed E-state index contributed by atoms with van der Waals surface area (Å²) in [6.07, 6.45) is 0. The third kappa shape index (κ3) is 5.06. The minimum absolute atomic E-state index is 0.0595. The lowest BCUT2D eigenvalue weighted by Crippen LogP contribution is -2.16. The number of aromatic nitrogens is 3. The minimum Gasteiger partial charge on any atom is -0.465 e. The van der Waals surface area contributed by atoms with Crippen LogP contribution in [0.2, 0.25) is 0 Å². The first-order valence-electron chi connectivity index (χ1n) is 9.17. The lowest BCUT2D eigenvalue weighted by molar-refractivity contribution is -0.113. The number of hydrogen-bond acceptors (Lipinski definition) is 7. The molecule has 0 saturated carbocycles. The second-order valence-corrected chi connectivity index (χ2v) is 8.64. The normalized spacial score (nSPS) is 11.0. The number of benzene rings is 1. The molecule has 0 aliphatic carbocycles. The third-order valence-corrected chi connectivity index (χ3v) is 5.88. The van der Waals surface area contributed by atoms with E-state index in [9.17, 15) is 14.0 Å². The number of esters is 1. The van der Waals surface area contributed by atoms with Gasteiger partial charge in [-0.2, -0.15) is 0 Å². The first-order valence-corrected chi connectivity index (χ1v) is 11.0. The van der Waals surface area contributed by atoms with E-state index < -0.39 is 5.97 Å². The van der Waals surface area contributed by atoms with Gasteiger partial charge in [-0.05, 0) is 29.5 Å². The van der Waals surface area contributed by atoms with Gasteiger partial charge in [0.25, 0.3) is 0 Å². The first kappa shape index (κ1) is 22.0. The van der Waals surface area contributed by atoms with Crippen molar-refractivity contribution >= 4 is 40.7 Å². The van der Waals surface area contributed by atoms with Crippen LogP contribution in [0.1, 0.15) is 23.5 Å². The van der Waals surface area contributed by atoms with Crippen molar-refractivity contribution in [2.75, 3.05) is 18.2 Å². The summed E-state index contributed by atoms with van der Waals surface area (Å²) in [7, 11) is 1.29. The lowest BCUT2D eigenvalue weighted by Gasteiger charge is -2.13. The predicted octanol–water partition coefficient (Wildman–Crippen LogP) is 4.32. The Labute approximate surface area is 181 Å². The maximum absolute atomic E-state index is 14.3. The summed E-state index contributed by atoms with van der Waals surface area (Å²) in [5.74, 6) is -0.417. The number of hydrogen-bond donors (Lipinski definition) is 1. The van der Waals surface area contributed by atoms with Crippen LogP contribution >= 0.6 is 23.1 Å². The molecule has 0 saturated heterocycles. The number of amides is 1. The molecule has 0 spiro atoms. The number of carbonyl (C=O) groups excluding carboxylic acids is 2. The van der Waals surface area contributed by atoms with Gasteiger partial charge in [-0.1, -0.05) is 37.7 Å². The second-order valence-electron chi connectivity index (χ2n) is 6.78. The Kier molecular flexibility index (Phi) is 7.22. The summed E-state index contributed by atoms with van der Waals surface area (Å²) >= 11 is 2.39. The van der Waals surface area contributed by atoms with Crippen molar-refractivity contribution in [3.8, 4) is 11.4 Å². The first-order chi connectivity index (χ1) is 14.4. The zero-order valence-electron chi connectivity index (χ0n) is 16.7. The van der Waals surface area contributed by atoms with E-state index in [1.807, 2.05) is 18.4 Å². The molecule has 0 atom stereocenters. The van der Waals surface area contributed by atoms with Crippen LogP contribution < -0.4 is 5.32 Å². The average molecular weight is 449 g/mol. The van der Waals surface area contributed by atoms with Gasteiger partial charge >= 0.3 is 5.97 Å². The maximum atomic E-state index is 14.3. The molecule has 0 fully saturated rings. The molecule has 3 aromatic rings. The van der Waals surface area contributed by atoms with E-state index in [4.69, 9.17) is 4.74 Å². The number of methoxy groups -OCH3 is 1. The molecular weight excluding hydrogens is 427 g/mol. The van der Waals surface area contributed by atoms with Gasteiger partial charge in [0.15, 0.2) is 11.0 Å². The molecule has 2 heterocycles.